The molecule has 4 rings (SSSR count). The molecule has 1 aliphatic rings. The number of anilines is 1. The van der Waals surface area contributed by atoms with E-state index in [-0.39, 0.29) is 31.9 Å². The highest BCUT2D eigenvalue weighted by Crippen LogP contribution is 2.43. The first-order valence-electron chi connectivity index (χ1n) is 9.06. The summed E-state index contributed by atoms with van der Waals surface area (Å²) in [7, 11) is 0. The second-order valence-electron chi connectivity index (χ2n) is 6.81. The molecule has 31 heavy (non-hydrogen) atoms. The number of carbonyl (C=O) groups excluding carboxylic acids is 2. The number of benzene rings is 3. The van der Waals surface area contributed by atoms with E-state index in [0.717, 1.165) is 6.07 Å². The zero-order valence-electron chi connectivity index (χ0n) is 15.7. The summed E-state index contributed by atoms with van der Waals surface area (Å²) >= 11 is 17.9. The zero-order chi connectivity index (χ0) is 22.3. The Morgan fingerprint density at radius 3 is 2.23 bits per heavy atom. The van der Waals surface area contributed by atoms with E-state index in [2.05, 4.69) is 0 Å². The highest BCUT2D eigenvalue weighted by molar-refractivity contribution is 6.52. The molecule has 1 fully saturated rings. The van der Waals surface area contributed by atoms with Gasteiger partial charge in [-0.15, -0.1) is 0 Å². The molecule has 156 valence electrons. The van der Waals surface area contributed by atoms with E-state index >= 15 is 0 Å². The number of Topliss-reactive ketones (excluding diaryl/α,β-unsaturated/α-hetero) is 1. The van der Waals surface area contributed by atoms with Gasteiger partial charge in [0, 0.05) is 11.3 Å². The lowest BCUT2D eigenvalue weighted by Crippen LogP contribution is -2.29. The second kappa shape index (κ2) is 8.35. The van der Waals surface area contributed by atoms with Crippen molar-refractivity contribution in [2.24, 2.45) is 0 Å². The van der Waals surface area contributed by atoms with Crippen LogP contribution >= 0.6 is 34.8 Å². The van der Waals surface area contributed by atoms with Crippen molar-refractivity contribution in [3.05, 3.63) is 104 Å². The minimum absolute atomic E-state index is 0.130. The van der Waals surface area contributed by atoms with Gasteiger partial charge >= 0.3 is 0 Å². The molecule has 1 saturated heterocycles. The lowest BCUT2D eigenvalue weighted by Gasteiger charge is -2.25. The largest absolute Gasteiger partial charge is 0.507 e. The number of amides is 1. The average molecular weight is 477 g/mol. The Bertz CT molecular complexity index is 1240. The van der Waals surface area contributed by atoms with Crippen LogP contribution < -0.4 is 4.90 Å². The van der Waals surface area contributed by atoms with E-state index in [9.17, 15) is 19.1 Å². The number of hydrogen-bond donors (Lipinski definition) is 1. The summed E-state index contributed by atoms with van der Waals surface area (Å²) < 4.78 is 13.7. The van der Waals surface area contributed by atoms with Gasteiger partial charge in [0.15, 0.2) is 0 Å². The van der Waals surface area contributed by atoms with Crippen molar-refractivity contribution in [2.45, 2.75) is 6.04 Å². The van der Waals surface area contributed by atoms with E-state index in [1.54, 1.807) is 30.3 Å². The molecule has 4 nitrogen and oxygen atoms in total. The second-order valence-corrected chi connectivity index (χ2v) is 8.03. The summed E-state index contributed by atoms with van der Waals surface area (Å²) in [6.45, 7) is 0. The molecule has 1 aliphatic heterocycles. The summed E-state index contributed by atoms with van der Waals surface area (Å²) in [6, 6.07) is 15.8. The predicted molar refractivity (Wildman–Crippen MR) is 119 cm³/mol. The summed E-state index contributed by atoms with van der Waals surface area (Å²) in [5.41, 5.74) is 0.889. The molecule has 0 aromatic heterocycles. The Labute approximate surface area is 192 Å². The third-order valence-corrected chi connectivity index (χ3v) is 5.96. The molecular weight excluding hydrogens is 464 g/mol. The van der Waals surface area contributed by atoms with E-state index < -0.39 is 29.3 Å². The Morgan fingerprint density at radius 2 is 1.58 bits per heavy atom. The van der Waals surface area contributed by atoms with Crippen molar-refractivity contribution in [1.82, 2.24) is 0 Å². The van der Waals surface area contributed by atoms with Crippen LogP contribution in [0, 0.1) is 5.82 Å². The number of nitrogens with zero attached hydrogens (tertiary/aromatic N) is 1. The Kier molecular flexibility index (Phi) is 5.75. The molecule has 0 saturated carbocycles. The summed E-state index contributed by atoms with van der Waals surface area (Å²) in [5, 5.41) is 11.3. The van der Waals surface area contributed by atoms with Crippen LogP contribution in [0.5, 0.6) is 0 Å². The van der Waals surface area contributed by atoms with Crippen LogP contribution in [-0.4, -0.2) is 16.8 Å². The molecule has 0 radical (unpaired) electrons. The topological polar surface area (TPSA) is 57.6 Å². The Morgan fingerprint density at radius 1 is 0.871 bits per heavy atom. The van der Waals surface area contributed by atoms with Gasteiger partial charge in [0.1, 0.15) is 11.6 Å². The minimum atomic E-state index is -0.961. The van der Waals surface area contributed by atoms with Gasteiger partial charge in [-0.2, -0.15) is 0 Å². The van der Waals surface area contributed by atoms with Crippen LogP contribution in [0.2, 0.25) is 15.1 Å². The van der Waals surface area contributed by atoms with Crippen molar-refractivity contribution >= 4 is 57.9 Å². The molecule has 3 aromatic carbocycles. The fourth-order valence-corrected chi connectivity index (χ4v) is 3.96. The minimum Gasteiger partial charge on any atom is -0.507 e. The van der Waals surface area contributed by atoms with E-state index in [4.69, 9.17) is 34.8 Å². The molecule has 1 atom stereocenters. The van der Waals surface area contributed by atoms with Crippen LogP contribution in [-0.2, 0) is 9.59 Å². The maximum atomic E-state index is 13.7. The van der Waals surface area contributed by atoms with Gasteiger partial charge in [-0.1, -0.05) is 65.1 Å². The lowest BCUT2D eigenvalue weighted by molar-refractivity contribution is -0.132. The number of hydrogen-bond acceptors (Lipinski definition) is 3. The number of ketones is 1. The first-order chi connectivity index (χ1) is 14.8. The van der Waals surface area contributed by atoms with Crippen LogP contribution in [0.15, 0.2) is 72.3 Å². The van der Waals surface area contributed by atoms with Gasteiger partial charge in [0.05, 0.1) is 26.7 Å². The van der Waals surface area contributed by atoms with Gasteiger partial charge in [0.25, 0.3) is 11.7 Å². The van der Waals surface area contributed by atoms with E-state index in [0.29, 0.717) is 5.56 Å². The predicted octanol–water partition coefficient (Wildman–Crippen LogP) is 6.41. The van der Waals surface area contributed by atoms with Gasteiger partial charge in [-0.25, -0.2) is 4.39 Å². The number of aliphatic hydroxyl groups excluding tert-OH is 1. The van der Waals surface area contributed by atoms with Crippen molar-refractivity contribution in [3.8, 4) is 0 Å². The molecule has 0 spiro atoms. The van der Waals surface area contributed by atoms with E-state index in [1.165, 1.54) is 35.2 Å². The molecule has 1 heterocycles. The first kappa shape index (κ1) is 21.4. The average Bonchev–Trinajstić information content (AvgIpc) is 3.03. The van der Waals surface area contributed by atoms with Crippen LogP contribution in [0.4, 0.5) is 10.1 Å². The molecule has 1 N–H and O–H groups in total. The summed E-state index contributed by atoms with van der Waals surface area (Å²) in [5.74, 6) is -2.83. The molecule has 1 unspecified atom stereocenters. The summed E-state index contributed by atoms with van der Waals surface area (Å²) in [4.78, 5) is 27.2. The maximum absolute atomic E-state index is 13.7. The van der Waals surface area contributed by atoms with Crippen LogP contribution in [0.25, 0.3) is 5.76 Å². The molecule has 1 amide bonds. The van der Waals surface area contributed by atoms with Crippen LogP contribution in [0.3, 0.4) is 0 Å². The van der Waals surface area contributed by atoms with Crippen LogP contribution in [0.1, 0.15) is 17.2 Å². The standard InChI is InChI=1S/C23H13Cl3FNO3/c24-15-8-6-13(10-16(15)25)21(29)19-20(12-4-2-1-3-5-12)28(23(31)22(19)30)14-7-9-18(27)17(26)11-14/h1-11,20,29H/b21-19+. The highest BCUT2D eigenvalue weighted by atomic mass is 35.5. The van der Waals surface area contributed by atoms with Crippen molar-refractivity contribution in [3.63, 3.8) is 0 Å². The van der Waals surface area contributed by atoms with Crippen molar-refractivity contribution < 1.29 is 19.1 Å². The summed E-state index contributed by atoms with van der Waals surface area (Å²) in [6.07, 6.45) is 0. The quantitative estimate of drug-likeness (QED) is 0.270. The molecular formula is C23H13Cl3FNO3. The van der Waals surface area contributed by atoms with Crippen molar-refractivity contribution in [1.29, 1.82) is 0 Å². The van der Waals surface area contributed by atoms with Gasteiger partial charge in [-0.05, 0) is 42.0 Å². The Balaban J connectivity index is 1.95. The monoisotopic (exact) mass is 475 g/mol. The molecule has 3 aromatic rings. The number of aliphatic hydroxyl groups is 1. The third kappa shape index (κ3) is 3.81. The normalized spacial score (nSPS) is 17.9. The number of rotatable bonds is 3. The fraction of sp³-hybridized carbons (Fsp3) is 0.0435. The lowest BCUT2D eigenvalue weighted by atomic mass is 9.95. The van der Waals surface area contributed by atoms with Gasteiger partial charge < -0.3 is 5.11 Å². The first-order valence-corrected chi connectivity index (χ1v) is 10.2. The van der Waals surface area contributed by atoms with Gasteiger partial charge in [0.2, 0.25) is 0 Å². The van der Waals surface area contributed by atoms with Crippen molar-refractivity contribution in [2.75, 3.05) is 4.90 Å². The van der Waals surface area contributed by atoms with Gasteiger partial charge in [-0.3, -0.25) is 14.5 Å². The SMILES string of the molecule is O=C1C(=O)N(c2ccc(F)c(Cl)c2)C(c2ccccc2)/C1=C(\O)c1ccc(Cl)c(Cl)c1. The fourth-order valence-electron chi connectivity index (χ4n) is 3.48. The third-order valence-electron chi connectivity index (χ3n) is 4.93. The molecule has 0 aliphatic carbocycles. The number of halogens is 4. The Hall–Kier alpha value is -2.86. The highest BCUT2D eigenvalue weighted by Gasteiger charge is 2.47. The van der Waals surface area contributed by atoms with E-state index in [1.807, 2.05) is 0 Å². The zero-order valence-corrected chi connectivity index (χ0v) is 17.9. The molecule has 0 bridgehead atoms. The number of carbonyl (C=O) groups is 2. The smallest absolute Gasteiger partial charge is 0.300 e. The molecule has 8 heteroatoms. The maximum Gasteiger partial charge on any atom is 0.300 e.